The van der Waals surface area contributed by atoms with Gasteiger partial charge in [0.25, 0.3) is 11.6 Å². The van der Waals surface area contributed by atoms with Crippen LogP contribution in [0.1, 0.15) is 11.1 Å². The third kappa shape index (κ3) is 1.30. The Labute approximate surface area is 130 Å². The zero-order valence-electron chi connectivity index (χ0n) is 11.2. The first kappa shape index (κ1) is 12.6. The molecule has 0 saturated carbocycles. The number of ether oxygens (including phenoxy) is 4. The zero-order chi connectivity index (χ0) is 14.1. The van der Waals surface area contributed by atoms with Crippen molar-refractivity contribution in [2.24, 2.45) is 0 Å². The number of hydrogen-bond acceptors (Lipinski definition) is 4. The van der Waals surface area contributed by atoms with Crippen LogP contribution in [0.3, 0.4) is 0 Å². The van der Waals surface area contributed by atoms with E-state index in [1.807, 2.05) is 24.3 Å². The SMILES string of the molecule is Brc1ccc2c3c(cccc13)C13OCCOC21OCCO3. The predicted molar refractivity (Wildman–Crippen MR) is 78.8 cm³/mol. The third-order valence-electron chi connectivity index (χ3n) is 4.52. The van der Waals surface area contributed by atoms with Gasteiger partial charge in [-0.3, -0.25) is 0 Å². The Morgan fingerprint density at radius 2 is 1.33 bits per heavy atom. The van der Waals surface area contributed by atoms with Crippen LogP contribution in [-0.2, 0) is 30.5 Å². The fourth-order valence-electron chi connectivity index (χ4n) is 3.79. The maximum atomic E-state index is 6.11. The van der Waals surface area contributed by atoms with Crippen molar-refractivity contribution in [3.63, 3.8) is 0 Å². The fourth-order valence-corrected chi connectivity index (χ4v) is 4.25. The van der Waals surface area contributed by atoms with Gasteiger partial charge in [-0.15, -0.1) is 0 Å². The number of halogens is 1. The molecule has 4 nitrogen and oxygen atoms in total. The lowest BCUT2D eigenvalue weighted by atomic mass is 9.99. The molecular weight excluding hydrogens is 336 g/mol. The first-order chi connectivity index (χ1) is 10.3. The van der Waals surface area contributed by atoms with E-state index in [-0.39, 0.29) is 0 Å². The van der Waals surface area contributed by atoms with Gasteiger partial charge in [-0.25, -0.2) is 0 Å². The molecular formula is C16H13BrO4. The molecule has 0 N–H and O–H groups in total. The molecule has 0 unspecified atom stereocenters. The minimum Gasteiger partial charge on any atom is -0.339 e. The summed E-state index contributed by atoms with van der Waals surface area (Å²) in [6, 6.07) is 10.2. The molecule has 2 saturated heterocycles. The number of hydrogen-bond donors (Lipinski definition) is 0. The van der Waals surface area contributed by atoms with Crippen LogP contribution in [-0.4, -0.2) is 26.4 Å². The van der Waals surface area contributed by atoms with Gasteiger partial charge in [-0.2, -0.15) is 0 Å². The predicted octanol–water partition coefficient (Wildman–Crippen LogP) is 3.02. The monoisotopic (exact) mass is 348 g/mol. The Hall–Kier alpha value is -0.980. The summed E-state index contributed by atoms with van der Waals surface area (Å²) in [5, 5.41) is 2.23. The Morgan fingerprint density at radius 1 is 0.762 bits per heavy atom. The third-order valence-corrected chi connectivity index (χ3v) is 5.21. The summed E-state index contributed by atoms with van der Waals surface area (Å²) in [5.41, 5.74) is 1.99. The summed E-state index contributed by atoms with van der Waals surface area (Å²) >= 11 is 3.62. The van der Waals surface area contributed by atoms with Crippen molar-refractivity contribution in [3.05, 3.63) is 45.9 Å². The van der Waals surface area contributed by atoms with E-state index in [4.69, 9.17) is 18.9 Å². The Morgan fingerprint density at radius 3 is 1.95 bits per heavy atom. The highest BCUT2D eigenvalue weighted by Crippen LogP contribution is 2.60. The van der Waals surface area contributed by atoms with E-state index in [9.17, 15) is 0 Å². The van der Waals surface area contributed by atoms with E-state index in [0.29, 0.717) is 26.4 Å². The van der Waals surface area contributed by atoms with E-state index < -0.39 is 11.6 Å². The second-order valence-corrected chi connectivity index (χ2v) is 6.30. The highest BCUT2D eigenvalue weighted by molar-refractivity contribution is 9.10. The number of benzene rings is 2. The highest BCUT2D eigenvalue weighted by atomic mass is 79.9. The molecule has 0 spiro atoms. The Balaban J connectivity index is 1.95. The average molecular weight is 349 g/mol. The van der Waals surface area contributed by atoms with Crippen LogP contribution < -0.4 is 0 Å². The average Bonchev–Trinajstić information content (AvgIpc) is 2.80. The maximum Gasteiger partial charge on any atom is 0.256 e. The zero-order valence-corrected chi connectivity index (χ0v) is 12.8. The molecule has 0 radical (unpaired) electrons. The topological polar surface area (TPSA) is 36.9 Å². The van der Waals surface area contributed by atoms with Gasteiger partial charge < -0.3 is 18.9 Å². The number of rotatable bonds is 0. The van der Waals surface area contributed by atoms with E-state index in [1.54, 1.807) is 0 Å². The molecule has 0 bridgehead atoms. The summed E-state index contributed by atoms with van der Waals surface area (Å²) in [7, 11) is 0. The van der Waals surface area contributed by atoms with Gasteiger partial charge in [0.1, 0.15) is 0 Å². The Bertz CT molecular complexity index is 717. The van der Waals surface area contributed by atoms with Crippen molar-refractivity contribution in [2.45, 2.75) is 11.6 Å². The van der Waals surface area contributed by atoms with Gasteiger partial charge >= 0.3 is 0 Å². The standard InChI is InChI=1S/C16H13BrO4/c17-13-5-4-12-14-10(13)2-1-3-11(14)15-16(12,20-8-6-18-15)21-9-7-19-15/h1-5H,6-9H2. The first-order valence-corrected chi connectivity index (χ1v) is 7.86. The lowest BCUT2D eigenvalue weighted by Gasteiger charge is -2.50. The smallest absolute Gasteiger partial charge is 0.256 e. The molecule has 0 atom stereocenters. The van der Waals surface area contributed by atoms with Crippen molar-refractivity contribution in [1.29, 1.82) is 0 Å². The van der Waals surface area contributed by atoms with Gasteiger partial charge in [-0.05, 0) is 11.5 Å². The molecule has 1 aliphatic carbocycles. The van der Waals surface area contributed by atoms with E-state index >= 15 is 0 Å². The summed E-state index contributed by atoms with van der Waals surface area (Å²) in [5.74, 6) is -1.96. The summed E-state index contributed by atoms with van der Waals surface area (Å²) < 4.78 is 25.5. The molecule has 21 heavy (non-hydrogen) atoms. The van der Waals surface area contributed by atoms with Gasteiger partial charge in [0, 0.05) is 21.0 Å². The van der Waals surface area contributed by atoms with Crippen LogP contribution in [0.5, 0.6) is 0 Å². The maximum absolute atomic E-state index is 6.11. The van der Waals surface area contributed by atoms with E-state index in [0.717, 1.165) is 26.4 Å². The van der Waals surface area contributed by atoms with Crippen LogP contribution in [0.15, 0.2) is 34.8 Å². The van der Waals surface area contributed by atoms with Crippen molar-refractivity contribution >= 4 is 26.7 Å². The van der Waals surface area contributed by atoms with Crippen LogP contribution in [0.25, 0.3) is 10.8 Å². The van der Waals surface area contributed by atoms with Crippen molar-refractivity contribution < 1.29 is 18.9 Å². The molecule has 2 fully saturated rings. The highest BCUT2D eigenvalue weighted by Gasteiger charge is 2.67. The van der Waals surface area contributed by atoms with Crippen LogP contribution in [0, 0.1) is 0 Å². The normalized spacial score (nSPS) is 33.8. The van der Waals surface area contributed by atoms with Crippen LogP contribution in [0.4, 0.5) is 0 Å². The van der Waals surface area contributed by atoms with Crippen molar-refractivity contribution in [1.82, 2.24) is 0 Å². The van der Waals surface area contributed by atoms with Gasteiger partial charge in [-0.1, -0.05) is 40.2 Å². The minimum atomic E-state index is -0.980. The molecule has 2 aliphatic heterocycles. The molecule has 0 aromatic heterocycles. The van der Waals surface area contributed by atoms with Crippen LogP contribution in [0.2, 0.25) is 0 Å². The summed E-state index contributed by atoms with van der Waals surface area (Å²) in [6.45, 7) is 1.99. The summed E-state index contributed by atoms with van der Waals surface area (Å²) in [4.78, 5) is 0. The van der Waals surface area contributed by atoms with Gasteiger partial charge in [0.2, 0.25) is 0 Å². The van der Waals surface area contributed by atoms with Gasteiger partial charge in [0.05, 0.1) is 26.4 Å². The van der Waals surface area contributed by atoms with E-state index in [1.165, 1.54) is 0 Å². The van der Waals surface area contributed by atoms with Gasteiger partial charge in [0.15, 0.2) is 0 Å². The Kier molecular flexibility index (Phi) is 2.42. The second kappa shape index (κ2) is 4.06. The molecule has 3 aliphatic rings. The second-order valence-electron chi connectivity index (χ2n) is 5.45. The largest absolute Gasteiger partial charge is 0.339 e. The molecule has 2 aromatic rings. The fraction of sp³-hybridized carbons (Fsp3) is 0.375. The van der Waals surface area contributed by atoms with Crippen molar-refractivity contribution in [3.8, 4) is 0 Å². The lowest BCUT2D eigenvalue weighted by Crippen LogP contribution is -2.60. The minimum absolute atomic E-state index is 0.497. The molecule has 5 rings (SSSR count). The molecule has 2 heterocycles. The molecule has 108 valence electrons. The van der Waals surface area contributed by atoms with Crippen LogP contribution >= 0.6 is 15.9 Å². The molecule has 5 heteroatoms. The molecule has 0 amide bonds. The van der Waals surface area contributed by atoms with E-state index in [2.05, 4.69) is 22.0 Å². The van der Waals surface area contributed by atoms with Crippen molar-refractivity contribution in [2.75, 3.05) is 26.4 Å². The first-order valence-electron chi connectivity index (χ1n) is 7.06. The molecule has 2 aromatic carbocycles. The summed E-state index contributed by atoms with van der Waals surface area (Å²) in [6.07, 6.45) is 0. The quantitative estimate of drug-likeness (QED) is 0.733. The lowest BCUT2D eigenvalue weighted by molar-refractivity contribution is -0.478.